The normalized spacial score (nSPS) is 22.8. The average Bonchev–Trinajstić information content (AvgIpc) is 3.03. The molecule has 5 heteroatoms. The second-order valence-corrected chi connectivity index (χ2v) is 6.46. The number of likely N-dealkylation sites (tertiary alicyclic amines) is 1. The lowest BCUT2D eigenvalue weighted by Crippen LogP contribution is -2.34. The van der Waals surface area contributed by atoms with Crippen molar-refractivity contribution < 1.29 is 4.79 Å². The van der Waals surface area contributed by atoms with Crippen LogP contribution in [0.1, 0.15) is 45.4 Å². The van der Waals surface area contributed by atoms with Gasteiger partial charge in [-0.15, -0.1) is 0 Å². The molecular formula is C15H26N4O. The van der Waals surface area contributed by atoms with E-state index in [-0.39, 0.29) is 11.3 Å². The summed E-state index contributed by atoms with van der Waals surface area (Å²) < 4.78 is 2.08. The van der Waals surface area contributed by atoms with Crippen molar-refractivity contribution in [1.82, 2.24) is 14.5 Å². The van der Waals surface area contributed by atoms with Gasteiger partial charge >= 0.3 is 0 Å². The van der Waals surface area contributed by atoms with Crippen LogP contribution in [-0.2, 0) is 11.3 Å². The summed E-state index contributed by atoms with van der Waals surface area (Å²) in [6, 6.07) is 0. The van der Waals surface area contributed by atoms with Crippen LogP contribution in [0.4, 0.5) is 0 Å². The van der Waals surface area contributed by atoms with E-state index < -0.39 is 0 Å². The van der Waals surface area contributed by atoms with Crippen molar-refractivity contribution in [2.24, 2.45) is 11.1 Å². The number of nitrogens with two attached hydrogens (primary N) is 1. The lowest BCUT2D eigenvalue weighted by molar-refractivity contribution is -0.130. The zero-order valence-electron chi connectivity index (χ0n) is 12.8. The third-order valence-corrected chi connectivity index (χ3v) is 4.23. The van der Waals surface area contributed by atoms with Crippen LogP contribution in [0.25, 0.3) is 0 Å². The van der Waals surface area contributed by atoms with E-state index >= 15 is 0 Å². The lowest BCUT2D eigenvalue weighted by atomic mass is 9.90. The molecule has 0 radical (unpaired) electrons. The SMILES string of the molecule is CC(C)c1nccn1CCC(=O)N1CCC(C)(CN)C1. The van der Waals surface area contributed by atoms with Crippen LogP contribution in [0.5, 0.6) is 0 Å². The summed E-state index contributed by atoms with van der Waals surface area (Å²) in [5, 5.41) is 0. The fourth-order valence-corrected chi connectivity index (χ4v) is 2.79. The van der Waals surface area contributed by atoms with Crippen LogP contribution in [0, 0.1) is 5.41 Å². The number of carbonyl (C=O) groups excluding carboxylic acids is 1. The first kappa shape index (κ1) is 15.0. The number of hydrogen-bond acceptors (Lipinski definition) is 3. The summed E-state index contributed by atoms with van der Waals surface area (Å²) in [6.07, 6.45) is 5.31. The fourth-order valence-electron chi connectivity index (χ4n) is 2.79. The number of amides is 1. The molecule has 0 saturated carbocycles. The third-order valence-electron chi connectivity index (χ3n) is 4.23. The van der Waals surface area contributed by atoms with Gasteiger partial charge in [0.25, 0.3) is 0 Å². The molecule has 5 nitrogen and oxygen atoms in total. The van der Waals surface area contributed by atoms with Crippen molar-refractivity contribution in [1.29, 1.82) is 0 Å². The Morgan fingerprint density at radius 2 is 2.30 bits per heavy atom. The van der Waals surface area contributed by atoms with E-state index in [2.05, 4.69) is 30.3 Å². The Hall–Kier alpha value is -1.36. The van der Waals surface area contributed by atoms with Gasteiger partial charge in [-0.3, -0.25) is 4.79 Å². The molecular weight excluding hydrogens is 252 g/mol. The minimum absolute atomic E-state index is 0.105. The maximum absolute atomic E-state index is 12.3. The van der Waals surface area contributed by atoms with E-state index in [4.69, 9.17) is 5.73 Å². The Bertz CT molecular complexity index is 468. The van der Waals surface area contributed by atoms with Crippen molar-refractivity contribution in [3.63, 3.8) is 0 Å². The molecule has 0 aromatic carbocycles. The highest BCUT2D eigenvalue weighted by Gasteiger charge is 2.34. The zero-order chi connectivity index (χ0) is 14.8. The summed E-state index contributed by atoms with van der Waals surface area (Å²) in [5.41, 5.74) is 5.89. The Balaban J connectivity index is 1.88. The monoisotopic (exact) mass is 278 g/mol. The molecule has 1 amide bonds. The first-order chi connectivity index (χ1) is 9.45. The third kappa shape index (κ3) is 3.20. The Labute approximate surface area is 121 Å². The highest BCUT2D eigenvalue weighted by Crippen LogP contribution is 2.28. The zero-order valence-corrected chi connectivity index (χ0v) is 12.8. The van der Waals surface area contributed by atoms with Gasteiger partial charge in [0.2, 0.25) is 5.91 Å². The summed E-state index contributed by atoms with van der Waals surface area (Å²) >= 11 is 0. The quantitative estimate of drug-likeness (QED) is 0.889. The summed E-state index contributed by atoms with van der Waals surface area (Å²) in [6.45, 7) is 9.39. The number of hydrogen-bond donors (Lipinski definition) is 1. The van der Waals surface area contributed by atoms with Gasteiger partial charge in [0.05, 0.1) is 0 Å². The van der Waals surface area contributed by atoms with Crippen molar-refractivity contribution in [3.8, 4) is 0 Å². The molecule has 1 saturated heterocycles. The number of aryl methyl sites for hydroxylation is 1. The second kappa shape index (κ2) is 5.95. The van der Waals surface area contributed by atoms with E-state index in [0.29, 0.717) is 25.4 Å². The molecule has 2 rings (SSSR count). The van der Waals surface area contributed by atoms with Crippen molar-refractivity contribution >= 4 is 5.91 Å². The molecule has 2 N–H and O–H groups in total. The summed E-state index contributed by atoms with van der Waals surface area (Å²) in [7, 11) is 0. The number of carbonyl (C=O) groups is 1. The molecule has 1 unspecified atom stereocenters. The molecule has 1 fully saturated rings. The Morgan fingerprint density at radius 1 is 1.55 bits per heavy atom. The van der Waals surface area contributed by atoms with Crippen LogP contribution in [-0.4, -0.2) is 40.0 Å². The van der Waals surface area contributed by atoms with Crippen molar-refractivity contribution in [2.45, 2.75) is 46.1 Å². The maximum atomic E-state index is 12.3. The minimum Gasteiger partial charge on any atom is -0.342 e. The fraction of sp³-hybridized carbons (Fsp3) is 0.733. The van der Waals surface area contributed by atoms with E-state index in [1.165, 1.54) is 0 Å². The first-order valence-electron chi connectivity index (χ1n) is 7.44. The van der Waals surface area contributed by atoms with Crippen molar-refractivity contribution in [2.75, 3.05) is 19.6 Å². The second-order valence-electron chi connectivity index (χ2n) is 6.46. The van der Waals surface area contributed by atoms with E-state index in [1.807, 2.05) is 11.1 Å². The molecule has 0 bridgehead atoms. The van der Waals surface area contributed by atoms with Crippen LogP contribution in [0.2, 0.25) is 0 Å². The van der Waals surface area contributed by atoms with E-state index in [9.17, 15) is 4.79 Å². The molecule has 20 heavy (non-hydrogen) atoms. The van der Waals surface area contributed by atoms with Gasteiger partial charge in [0, 0.05) is 44.4 Å². The molecule has 1 atom stereocenters. The number of imidazole rings is 1. The highest BCUT2D eigenvalue weighted by atomic mass is 16.2. The largest absolute Gasteiger partial charge is 0.342 e. The smallest absolute Gasteiger partial charge is 0.224 e. The van der Waals surface area contributed by atoms with Gasteiger partial charge in [-0.2, -0.15) is 0 Å². The molecule has 0 spiro atoms. The van der Waals surface area contributed by atoms with Crippen LogP contribution < -0.4 is 5.73 Å². The summed E-state index contributed by atoms with van der Waals surface area (Å²) in [4.78, 5) is 18.6. The van der Waals surface area contributed by atoms with E-state index in [1.54, 1.807) is 6.20 Å². The van der Waals surface area contributed by atoms with Crippen molar-refractivity contribution in [3.05, 3.63) is 18.2 Å². The molecule has 1 aromatic rings. The number of rotatable bonds is 5. The van der Waals surface area contributed by atoms with Gasteiger partial charge < -0.3 is 15.2 Å². The van der Waals surface area contributed by atoms with Gasteiger partial charge in [-0.1, -0.05) is 20.8 Å². The minimum atomic E-state index is 0.105. The Morgan fingerprint density at radius 3 is 2.90 bits per heavy atom. The number of nitrogens with zero attached hydrogens (tertiary/aromatic N) is 3. The average molecular weight is 278 g/mol. The summed E-state index contributed by atoms with van der Waals surface area (Å²) in [5.74, 6) is 1.66. The molecule has 1 aliphatic heterocycles. The lowest BCUT2D eigenvalue weighted by Gasteiger charge is -2.22. The van der Waals surface area contributed by atoms with E-state index in [0.717, 1.165) is 25.3 Å². The van der Waals surface area contributed by atoms with Crippen LogP contribution in [0.15, 0.2) is 12.4 Å². The Kier molecular flexibility index (Phi) is 4.48. The molecule has 2 heterocycles. The topological polar surface area (TPSA) is 64.2 Å². The first-order valence-corrected chi connectivity index (χ1v) is 7.44. The predicted octanol–water partition coefficient (Wildman–Crippen LogP) is 1.59. The number of aromatic nitrogens is 2. The molecule has 0 aliphatic carbocycles. The van der Waals surface area contributed by atoms with Gasteiger partial charge in [-0.25, -0.2) is 4.98 Å². The van der Waals surface area contributed by atoms with Gasteiger partial charge in [-0.05, 0) is 18.4 Å². The molecule has 112 valence electrons. The highest BCUT2D eigenvalue weighted by molar-refractivity contribution is 5.76. The molecule has 1 aromatic heterocycles. The van der Waals surface area contributed by atoms with Gasteiger partial charge in [0.15, 0.2) is 0 Å². The molecule has 1 aliphatic rings. The van der Waals surface area contributed by atoms with Gasteiger partial charge in [0.1, 0.15) is 5.82 Å². The predicted molar refractivity (Wildman–Crippen MR) is 79.3 cm³/mol. The van der Waals surface area contributed by atoms with Crippen LogP contribution in [0.3, 0.4) is 0 Å². The maximum Gasteiger partial charge on any atom is 0.224 e. The standard InChI is InChI=1S/C15H26N4O/c1-12(2)14-17-6-9-18(14)7-4-13(20)19-8-5-15(3,10-16)11-19/h6,9,12H,4-5,7-8,10-11,16H2,1-3H3. The van der Waals surface area contributed by atoms with Crippen LogP contribution >= 0.6 is 0 Å².